The Balaban J connectivity index is 1.39. The van der Waals surface area contributed by atoms with E-state index < -0.39 is 15.7 Å². The number of aryl methyl sites for hydroxylation is 1. The van der Waals surface area contributed by atoms with E-state index in [1.165, 1.54) is 23.5 Å². The number of rotatable bonds is 7. The molecule has 0 saturated carbocycles. The van der Waals surface area contributed by atoms with Crippen LogP contribution < -0.4 is 19.5 Å². The summed E-state index contributed by atoms with van der Waals surface area (Å²) < 4.78 is 41.4. The first-order valence-electron chi connectivity index (χ1n) is 9.90. The topological polar surface area (TPSA) is 104 Å². The number of anilines is 1. The normalized spacial score (nSPS) is 12.9. The number of nitrogens with zero attached hydrogens (tertiary/aromatic N) is 1. The van der Waals surface area contributed by atoms with Crippen molar-refractivity contribution in [1.82, 2.24) is 4.98 Å². The number of hydrogen-bond acceptors (Lipinski definition) is 8. The predicted octanol–water partition coefficient (Wildman–Crippen LogP) is 3.70. The van der Waals surface area contributed by atoms with E-state index in [-0.39, 0.29) is 17.1 Å². The van der Waals surface area contributed by atoms with Crippen LogP contribution in [0.25, 0.3) is 11.3 Å². The highest BCUT2D eigenvalue weighted by molar-refractivity contribution is 7.91. The van der Waals surface area contributed by atoms with Gasteiger partial charge in [0, 0.05) is 22.9 Å². The summed E-state index contributed by atoms with van der Waals surface area (Å²) in [5.41, 5.74) is 1.66. The van der Waals surface area contributed by atoms with E-state index in [9.17, 15) is 13.2 Å². The summed E-state index contributed by atoms with van der Waals surface area (Å²) in [6.45, 7) is 2.71. The van der Waals surface area contributed by atoms with Crippen molar-refractivity contribution in [3.8, 4) is 28.5 Å². The van der Waals surface area contributed by atoms with Crippen LogP contribution in [0.3, 0.4) is 0 Å². The van der Waals surface area contributed by atoms with E-state index >= 15 is 0 Å². The lowest BCUT2D eigenvalue weighted by atomic mass is 10.1. The van der Waals surface area contributed by atoms with Crippen LogP contribution in [0.4, 0.5) is 5.13 Å². The highest BCUT2D eigenvalue weighted by Crippen LogP contribution is 2.33. The zero-order chi connectivity index (χ0) is 22.7. The maximum Gasteiger partial charge on any atom is 0.227 e. The van der Waals surface area contributed by atoms with E-state index in [0.717, 1.165) is 21.9 Å². The summed E-state index contributed by atoms with van der Waals surface area (Å²) in [5, 5.41) is 3.13. The van der Waals surface area contributed by atoms with Gasteiger partial charge in [-0.15, -0.1) is 11.3 Å². The molecule has 3 aromatic rings. The van der Waals surface area contributed by atoms with Crippen LogP contribution in [0.5, 0.6) is 17.2 Å². The Morgan fingerprint density at radius 3 is 2.56 bits per heavy atom. The average Bonchev–Trinajstić information content (AvgIpc) is 3.17. The van der Waals surface area contributed by atoms with Crippen molar-refractivity contribution in [3.63, 3.8) is 0 Å². The van der Waals surface area contributed by atoms with Crippen molar-refractivity contribution in [2.24, 2.45) is 0 Å². The summed E-state index contributed by atoms with van der Waals surface area (Å²) in [6.07, 6.45) is -0.187. The maximum atomic E-state index is 12.7. The second kappa shape index (κ2) is 9.17. The third-order valence-corrected chi connectivity index (χ3v) is 7.48. The molecule has 2 heterocycles. The molecule has 0 spiro atoms. The molecule has 0 unspecified atom stereocenters. The Kier molecular flexibility index (Phi) is 6.33. The molecular formula is C22H22N2O6S2. The fourth-order valence-corrected chi connectivity index (χ4v) is 5.31. The van der Waals surface area contributed by atoms with Crippen molar-refractivity contribution >= 4 is 32.2 Å². The number of sulfone groups is 1. The molecule has 2 aromatic carbocycles. The first-order valence-corrected chi connectivity index (χ1v) is 12.4. The minimum atomic E-state index is -3.66. The number of aromatic nitrogens is 1. The van der Waals surface area contributed by atoms with Crippen LogP contribution in [0.15, 0.2) is 47.4 Å². The second-order valence-corrected chi connectivity index (χ2v) is 10.4. The Hall–Kier alpha value is -3.11. The van der Waals surface area contributed by atoms with Gasteiger partial charge in [0.2, 0.25) is 5.91 Å². The molecule has 168 valence electrons. The van der Waals surface area contributed by atoms with E-state index in [1.54, 1.807) is 13.2 Å². The van der Waals surface area contributed by atoms with Crippen LogP contribution in [0, 0.1) is 6.92 Å². The van der Waals surface area contributed by atoms with Gasteiger partial charge in [-0.25, -0.2) is 13.4 Å². The highest BCUT2D eigenvalue weighted by Gasteiger charge is 2.21. The number of fused-ring (bicyclic) bond motifs is 1. The molecule has 0 atom stereocenters. The van der Waals surface area contributed by atoms with Gasteiger partial charge in [0.25, 0.3) is 0 Å². The van der Waals surface area contributed by atoms with Crippen molar-refractivity contribution < 1.29 is 27.4 Å². The van der Waals surface area contributed by atoms with Gasteiger partial charge in [-0.2, -0.15) is 0 Å². The van der Waals surface area contributed by atoms with Gasteiger partial charge >= 0.3 is 0 Å². The van der Waals surface area contributed by atoms with Crippen LogP contribution >= 0.6 is 11.3 Å². The number of nitrogens with one attached hydrogen (secondary N) is 1. The van der Waals surface area contributed by atoms with Gasteiger partial charge in [-0.05, 0) is 43.3 Å². The average molecular weight is 475 g/mol. The monoisotopic (exact) mass is 474 g/mol. The Bertz CT molecular complexity index is 1240. The number of benzene rings is 2. The van der Waals surface area contributed by atoms with Crippen LogP contribution in [-0.2, 0) is 14.6 Å². The lowest BCUT2D eigenvalue weighted by molar-refractivity contribution is -0.115. The van der Waals surface area contributed by atoms with E-state index in [4.69, 9.17) is 14.2 Å². The summed E-state index contributed by atoms with van der Waals surface area (Å²) in [5.74, 6) is 0.912. The van der Waals surface area contributed by atoms with Crippen LogP contribution in [0.2, 0.25) is 0 Å². The van der Waals surface area contributed by atoms with Crippen molar-refractivity contribution in [2.45, 2.75) is 18.2 Å². The van der Waals surface area contributed by atoms with E-state index in [2.05, 4.69) is 10.3 Å². The highest BCUT2D eigenvalue weighted by atomic mass is 32.2. The number of methoxy groups -OCH3 is 1. The molecule has 1 N–H and O–H groups in total. The van der Waals surface area contributed by atoms with Crippen molar-refractivity contribution in [2.75, 3.05) is 31.4 Å². The standard InChI is InChI=1S/C22H22N2O6S2/c1-14-21(15-3-5-16(28-2)6-4-15)24-22(31-14)23-20(25)9-12-32(26,27)17-7-8-18-19(13-17)30-11-10-29-18/h3-8,13H,9-12H2,1-2H3,(H,23,24,25). The quantitative estimate of drug-likeness (QED) is 0.557. The van der Waals surface area contributed by atoms with Crippen LogP contribution in [0.1, 0.15) is 11.3 Å². The summed E-state index contributed by atoms with van der Waals surface area (Å²) >= 11 is 1.34. The molecule has 4 rings (SSSR count). The molecule has 0 fully saturated rings. The first kappa shape index (κ1) is 22.1. The zero-order valence-corrected chi connectivity index (χ0v) is 19.2. The maximum absolute atomic E-state index is 12.7. The Morgan fingerprint density at radius 1 is 1.12 bits per heavy atom. The lowest BCUT2D eigenvalue weighted by Gasteiger charge is -2.18. The first-order chi connectivity index (χ1) is 15.4. The third-order valence-electron chi connectivity index (χ3n) is 4.88. The van der Waals surface area contributed by atoms with E-state index in [1.807, 2.05) is 31.2 Å². The fourth-order valence-electron chi connectivity index (χ4n) is 3.21. The lowest BCUT2D eigenvalue weighted by Crippen LogP contribution is -2.18. The van der Waals surface area contributed by atoms with Gasteiger partial charge in [0.15, 0.2) is 26.5 Å². The molecular weight excluding hydrogens is 452 g/mol. The number of thiazole rings is 1. The largest absolute Gasteiger partial charge is 0.497 e. The van der Waals surface area contributed by atoms with Crippen molar-refractivity contribution in [1.29, 1.82) is 0 Å². The molecule has 0 aliphatic carbocycles. The summed E-state index contributed by atoms with van der Waals surface area (Å²) in [7, 11) is -2.06. The van der Waals surface area contributed by atoms with E-state index in [0.29, 0.717) is 29.8 Å². The second-order valence-electron chi connectivity index (χ2n) is 7.07. The Labute approximate surface area is 190 Å². The third kappa shape index (κ3) is 4.86. The number of amides is 1. The molecule has 1 amide bonds. The minimum Gasteiger partial charge on any atom is -0.497 e. The SMILES string of the molecule is COc1ccc(-c2nc(NC(=O)CCS(=O)(=O)c3ccc4c(c3)OCCO4)sc2C)cc1. The zero-order valence-electron chi connectivity index (χ0n) is 17.6. The molecule has 32 heavy (non-hydrogen) atoms. The molecule has 8 nitrogen and oxygen atoms in total. The molecule has 10 heteroatoms. The fraction of sp³-hybridized carbons (Fsp3) is 0.273. The van der Waals surface area contributed by atoms with Crippen molar-refractivity contribution in [3.05, 3.63) is 47.3 Å². The smallest absolute Gasteiger partial charge is 0.227 e. The van der Waals surface area contributed by atoms with Gasteiger partial charge in [0.1, 0.15) is 19.0 Å². The van der Waals surface area contributed by atoms with Gasteiger partial charge in [0.05, 0.1) is 23.5 Å². The molecule has 1 aliphatic heterocycles. The molecule has 0 bridgehead atoms. The summed E-state index contributed by atoms with van der Waals surface area (Å²) in [4.78, 5) is 17.9. The molecule has 1 aliphatic rings. The van der Waals surface area contributed by atoms with Gasteiger partial charge < -0.3 is 19.5 Å². The van der Waals surface area contributed by atoms with Gasteiger partial charge in [-0.3, -0.25) is 4.79 Å². The predicted molar refractivity (Wildman–Crippen MR) is 122 cm³/mol. The number of hydrogen-bond donors (Lipinski definition) is 1. The number of ether oxygens (including phenoxy) is 3. The molecule has 0 radical (unpaired) electrons. The van der Waals surface area contributed by atoms with Gasteiger partial charge in [-0.1, -0.05) is 0 Å². The summed E-state index contributed by atoms with van der Waals surface area (Å²) in [6, 6.07) is 11.9. The number of carbonyl (C=O) groups excluding carboxylic acids is 1. The number of carbonyl (C=O) groups is 1. The van der Waals surface area contributed by atoms with Crippen LogP contribution in [-0.4, -0.2) is 45.4 Å². The Morgan fingerprint density at radius 2 is 1.84 bits per heavy atom. The minimum absolute atomic E-state index is 0.0986. The molecule has 1 aromatic heterocycles. The molecule has 0 saturated heterocycles.